The third kappa shape index (κ3) is 5.84. The number of hydrogen-bond acceptors (Lipinski definition) is 4. The number of thiophene rings is 1. The predicted molar refractivity (Wildman–Crippen MR) is 128 cm³/mol. The lowest BCUT2D eigenvalue weighted by Crippen LogP contribution is -2.52. The van der Waals surface area contributed by atoms with Crippen molar-refractivity contribution >= 4 is 52.2 Å². The lowest BCUT2D eigenvalue weighted by Gasteiger charge is -2.37. The first kappa shape index (κ1) is 22.5. The number of carbonyl (C=O) groups is 1. The van der Waals surface area contributed by atoms with Crippen molar-refractivity contribution in [1.29, 1.82) is 0 Å². The van der Waals surface area contributed by atoms with Crippen LogP contribution in [0, 0.1) is 0 Å². The Morgan fingerprint density at radius 3 is 2.61 bits per heavy atom. The molecule has 1 aliphatic rings. The molecule has 6 nitrogen and oxygen atoms in total. The molecule has 1 aromatic carbocycles. The first-order chi connectivity index (χ1) is 13.2. The Bertz CT molecular complexity index is 773. The second kappa shape index (κ2) is 11.3. The van der Waals surface area contributed by atoms with Crippen molar-refractivity contribution in [2.24, 2.45) is 4.99 Å². The molecule has 0 bridgehead atoms. The van der Waals surface area contributed by atoms with Crippen LogP contribution in [0.1, 0.15) is 15.9 Å². The first-order valence-corrected chi connectivity index (χ1v) is 10.1. The molecular formula is C20H28IN5OS. The van der Waals surface area contributed by atoms with Gasteiger partial charge in [0.25, 0.3) is 5.91 Å². The van der Waals surface area contributed by atoms with E-state index in [4.69, 9.17) is 0 Å². The van der Waals surface area contributed by atoms with Crippen LogP contribution in [-0.2, 0) is 6.42 Å². The van der Waals surface area contributed by atoms with Gasteiger partial charge in [0.1, 0.15) is 0 Å². The van der Waals surface area contributed by atoms with E-state index < -0.39 is 0 Å². The van der Waals surface area contributed by atoms with E-state index in [0.717, 1.165) is 50.7 Å². The maximum absolute atomic E-state index is 11.8. The normalized spacial score (nSPS) is 14.4. The summed E-state index contributed by atoms with van der Waals surface area (Å²) in [5, 5.41) is 9.59. The number of nitrogens with zero attached hydrogens (tertiary/aromatic N) is 3. The van der Waals surface area contributed by atoms with Crippen LogP contribution in [0.4, 0.5) is 5.00 Å². The molecule has 0 aliphatic carbocycles. The summed E-state index contributed by atoms with van der Waals surface area (Å²) in [6.07, 6.45) is 0.846. The lowest BCUT2D eigenvalue weighted by molar-refractivity contribution is 0.0963. The molecule has 2 heterocycles. The van der Waals surface area contributed by atoms with Crippen molar-refractivity contribution in [2.75, 3.05) is 51.7 Å². The summed E-state index contributed by atoms with van der Waals surface area (Å²) in [4.78, 5) is 20.9. The number of piperazine rings is 1. The lowest BCUT2D eigenvalue weighted by atomic mass is 10.1. The summed E-state index contributed by atoms with van der Waals surface area (Å²) in [6.45, 7) is 4.73. The molecule has 3 rings (SSSR count). The van der Waals surface area contributed by atoms with Crippen molar-refractivity contribution < 1.29 is 4.79 Å². The van der Waals surface area contributed by atoms with E-state index in [1.54, 1.807) is 18.4 Å². The minimum atomic E-state index is -0.0516. The average molecular weight is 513 g/mol. The van der Waals surface area contributed by atoms with Crippen LogP contribution in [0.5, 0.6) is 0 Å². The Kier molecular flexibility index (Phi) is 9.04. The summed E-state index contributed by atoms with van der Waals surface area (Å²) in [6, 6.07) is 12.0. The predicted octanol–water partition coefficient (Wildman–Crippen LogP) is 2.67. The van der Waals surface area contributed by atoms with E-state index in [9.17, 15) is 4.79 Å². The monoisotopic (exact) mass is 513 g/mol. The Morgan fingerprint density at radius 2 is 1.96 bits per heavy atom. The van der Waals surface area contributed by atoms with Gasteiger partial charge in [-0.25, -0.2) is 0 Å². The van der Waals surface area contributed by atoms with E-state index in [1.807, 2.05) is 25.2 Å². The fourth-order valence-electron chi connectivity index (χ4n) is 3.25. The number of hydrogen-bond donors (Lipinski definition) is 2. The van der Waals surface area contributed by atoms with Gasteiger partial charge in [0.15, 0.2) is 5.96 Å². The topological polar surface area (TPSA) is 60.0 Å². The highest BCUT2D eigenvalue weighted by Crippen LogP contribution is 2.22. The summed E-state index contributed by atoms with van der Waals surface area (Å²) in [7, 11) is 3.49. The van der Waals surface area contributed by atoms with Crippen LogP contribution in [0.25, 0.3) is 0 Å². The van der Waals surface area contributed by atoms with Gasteiger partial charge >= 0.3 is 0 Å². The first-order valence-electron chi connectivity index (χ1n) is 9.26. The van der Waals surface area contributed by atoms with Crippen molar-refractivity contribution in [1.82, 2.24) is 15.5 Å². The van der Waals surface area contributed by atoms with E-state index in [-0.39, 0.29) is 29.9 Å². The van der Waals surface area contributed by atoms with Crippen LogP contribution >= 0.6 is 35.3 Å². The number of benzene rings is 1. The minimum Gasteiger partial charge on any atom is -0.360 e. The largest absolute Gasteiger partial charge is 0.360 e. The highest BCUT2D eigenvalue weighted by atomic mass is 127. The van der Waals surface area contributed by atoms with Gasteiger partial charge < -0.3 is 20.4 Å². The molecule has 0 unspecified atom stereocenters. The molecule has 8 heteroatoms. The zero-order valence-electron chi connectivity index (χ0n) is 16.4. The van der Waals surface area contributed by atoms with Gasteiger partial charge in [-0.2, -0.15) is 0 Å². The smallest absolute Gasteiger partial charge is 0.251 e. The van der Waals surface area contributed by atoms with Crippen LogP contribution in [0.15, 0.2) is 46.8 Å². The molecule has 1 fully saturated rings. The van der Waals surface area contributed by atoms with Crippen LogP contribution in [-0.4, -0.2) is 63.6 Å². The summed E-state index contributed by atoms with van der Waals surface area (Å²) >= 11 is 1.79. The number of nitrogens with one attached hydrogen (secondary N) is 2. The number of amides is 1. The average Bonchev–Trinajstić information content (AvgIpc) is 3.26. The molecule has 1 saturated heterocycles. The number of rotatable bonds is 5. The molecule has 1 amide bonds. The van der Waals surface area contributed by atoms with Gasteiger partial charge in [0.05, 0.1) is 5.00 Å². The molecule has 2 aromatic rings. The van der Waals surface area contributed by atoms with Crippen molar-refractivity contribution in [3.8, 4) is 0 Å². The fourth-order valence-corrected chi connectivity index (χ4v) is 4.04. The summed E-state index contributed by atoms with van der Waals surface area (Å²) in [5.41, 5.74) is 1.84. The Labute approximate surface area is 188 Å². The third-order valence-corrected chi connectivity index (χ3v) is 5.65. The number of aliphatic imine (C=N–C) groups is 1. The molecule has 1 aromatic heterocycles. The van der Waals surface area contributed by atoms with E-state index in [1.165, 1.54) is 5.00 Å². The fraction of sp³-hybridized carbons (Fsp3) is 0.400. The zero-order chi connectivity index (χ0) is 19.1. The summed E-state index contributed by atoms with van der Waals surface area (Å²) < 4.78 is 0. The quantitative estimate of drug-likeness (QED) is 0.367. The van der Waals surface area contributed by atoms with E-state index >= 15 is 0 Å². The minimum absolute atomic E-state index is 0. The highest BCUT2D eigenvalue weighted by Gasteiger charge is 2.20. The van der Waals surface area contributed by atoms with Crippen LogP contribution in [0.2, 0.25) is 0 Å². The van der Waals surface area contributed by atoms with E-state index in [2.05, 4.69) is 49.0 Å². The van der Waals surface area contributed by atoms with Gasteiger partial charge in [-0.15, -0.1) is 35.3 Å². The Balaban J connectivity index is 0.00000280. The second-order valence-electron chi connectivity index (χ2n) is 6.43. The van der Waals surface area contributed by atoms with Gasteiger partial charge in [0, 0.05) is 52.4 Å². The van der Waals surface area contributed by atoms with Gasteiger partial charge in [-0.1, -0.05) is 12.1 Å². The molecular weight excluding hydrogens is 485 g/mol. The van der Waals surface area contributed by atoms with Crippen molar-refractivity contribution in [3.05, 3.63) is 52.9 Å². The van der Waals surface area contributed by atoms with E-state index in [0.29, 0.717) is 5.56 Å². The number of anilines is 1. The zero-order valence-corrected chi connectivity index (χ0v) is 19.5. The number of carbonyl (C=O) groups excluding carboxylic acids is 1. The number of halogens is 1. The van der Waals surface area contributed by atoms with Crippen LogP contribution < -0.4 is 15.5 Å². The maximum atomic E-state index is 11.8. The van der Waals surface area contributed by atoms with Crippen molar-refractivity contribution in [3.63, 3.8) is 0 Å². The highest BCUT2D eigenvalue weighted by molar-refractivity contribution is 14.0. The molecule has 0 saturated carbocycles. The maximum Gasteiger partial charge on any atom is 0.251 e. The molecule has 2 N–H and O–H groups in total. The van der Waals surface area contributed by atoms with Crippen LogP contribution in [0.3, 0.4) is 0 Å². The molecule has 0 radical (unpaired) electrons. The molecule has 152 valence electrons. The standard InChI is InChI=1S/C20H27N5OS.HI/c1-21-19(26)17-6-3-5-16(15-17)8-9-23-20(22-2)25-12-10-24(11-13-25)18-7-4-14-27-18;/h3-7,14-15H,8-13H2,1-2H3,(H,21,26)(H,22,23);1H. The van der Waals surface area contributed by atoms with Gasteiger partial charge in [-0.3, -0.25) is 9.79 Å². The SMILES string of the molecule is CN=C(NCCc1cccc(C(=O)NC)c1)N1CCN(c2cccs2)CC1.I. The second-order valence-corrected chi connectivity index (χ2v) is 7.36. The van der Waals surface area contributed by atoms with Crippen molar-refractivity contribution in [2.45, 2.75) is 6.42 Å². The molecule has 0 spiro atoms. The third-order valence-electron chi connectivity index (χ3n) is 4.72. The molecule has 28 heavy (non-hydrogen) atoms. The summed E-state index contributed by atoms with van der Waals surface area (Å²) in [5.74, 6) is 0.896. The number of guanidine groups is 1. The Hall–Kier alpha value is -1.81. The Morgan fingerprint density at radius 1 is 1.18 bits per heavy atom. The van der Waals surface area contributed by atoms with Gasteiger partial charge in [-0.05, 0) is 41.6 Å². The molecule has 1 aliphatic heterocycles. The van der Waals surface area contributed by atoms with Gasteiger partial charge in [0.2, 0.25) is 0 Å². The molecule has 0 atom stereocenters.